The Morgan fingerprint density at radius 2 is 1.84 bits per heavy atom. The summed E-state index contributed by atoms with van der Waals surface area (Å²) in [5.74, 6) is -0.201. The third-order valence-corrected chi connectivity index (χ3v) is 7.19. The number of carbonyl (C=O) groups excluding carboxylic acids is 3. The molecule has 0 spiro atoms. The number of hydrogen-bond donors (Lipinski definition) is 2. The molecule has 0 radical (unpaired) electrons. The molecule has 4 amide bonds. The van der Waals surface area contributed by atoms with E-state index < -0.39 is 5.54 Å². The Morgan fingerprint density at radius 3 is 2.47 bits per heavy atom. The van der Waals surface area contributed by atoms with Crippen molar-refractivity contribution in [1.82, 2.24) is 25.1 Å². The average Bonchev–Trinajstić information content (AvgIpc) is 3.51. The molecule has 2 N–H and O–H groups in total. The Hall–Kier alpha value is -3.42. The molecule has 3 aliphatic rings. The van der Waals surface area contributed by atoms with Gasteiger partial charge in [0.25, 0.3) is 5.91 Å². The van der Waals surface area contributed by atoms with E-state index in [1.54, 1.807) is 23.5 Å². The van der Waals surface area contributed by atoms with E-state index in [1.807, 2.05) is 19.1 Å². The SMILES string of the molecule is C[C@@]1(C2CCN(C(=O)/C=C/c3cnc[nH]3)CC2)NC(=O)N(C2Cc3ccccc3C2)C1=O. The number of carbonyl (C=O) groups is 3. The van der Waals surface area contributed by atoms with Crippen molar-refractivity contribution in [3.8, 4) is 0 Å². The van der Waals surface area contributed by atoms with Crippen molar-refractivity contribution in [2.45, 2.75) is 44.2 Å². The normalized spacial score (nSPS) is 24.4. The Morgan fingerprint density at radius 1 is 1.16 bits per heavy atom. The first-order chi connectivity index (χ1) is 15.5. The highest BCUT2D eigenvalue weighted by molar-refractivity contribution is 6.07. The number of aromatic nitrogens is 2. The molecule has 2 fully saturated rings. The van der Waals surface area contributed by atoms with Gasteiger partial charge >= 0.3 is 6.03 Å². The van der Waals surface area contributed by atoms with Gasteiger partial charge < -0.3 is 15.2 Å². The number of nitrogens with one attached hydrogen (secondary N) is 2. The van der Waals surface area contributed by atoms with Crippen molar-refractivity contribution >= 4 is 23.9 Å². The molecule has 8 heteroatoms. The molecule has 1 aromatic carbocycles. The lowest BCUT2D eigenvalue weighted by Crippen LogP contribution is -2.54. The molecule has 0 unspecified atom stereocenters. The third kappa shape index (κ3) is 3.49. The summed E-state index contributed by atoms with van der Waals surface area (Å²) in [5.41, 5.74) is 2.27. The fraction of sp³-hybridized carbons (Fsp3) is 0.417. The number of urea groups is 1. The summed E-state index contributed by atoms with van der Waals surface area (Å²) in [5, 5.41) is 3.00. The molecule has 5 rings (SSSR count). The molecular formula is C24H27N5O3. The van der Waals surface area contributed by atoms with Crippen molar-refractivity contribution < 1.29 is 14.4 Å². The maximum atomic E-state index is 13.5. The quantitative estimate of drug-likeness (QED) is 0.570. The molecular weight excluding hydrogens is 406 g/mol. The number of benzene rings is 1. The largest absolute Gasteiger partial charge is 0.345 e. The summed E-state index contributed by atoms with van der Waals surface area (Å²) in [6, 6.07) is 7.71. The highest BCUT2D eigenvalue weighted by Gasteiger charge is 2.55. The van der Waals surface area contributed by atoms with E-state index in [0.717, 1.165) is 5.69 Å². The van der Waals surface area contributed by atoms with Gasteiger partial charge in [-0.1, -0.05) is 24.3 Å². The van der Waals surface area contributed by atoms with Crippen LogP contribution in [0.25, 0.3) is 6.08 Å². The lowest BCUT2D eigenvalue weighted by Gasteiger charge is -2.38. The van der Waals surface area contributed by atoms with Crippen molar-refractivity contribution in [2.24, 2.45) is 5.92 Å². The zero-order valence-electron chi connectivity index (χ0n) is 18.1. The lowest BCUT2D eigenvalue weighted by molar-refractivity contribution is -0.135. The van der Waals surface area contributed by atoms with E-state index in [9.17, 15) is 14.4 Å². The second kappa shape index (κ2) is 7.93. The molecule has 1 atom stereocenters. The Labute approximate surface area is 186 Å². The Bertz CT molecular complexity index is 1050. The van der Waals surface area contributed by atoms with Crippen LogP contribution in [0.1, 0.15) is 36.6 Å². The maximum Gasteiger partial charge on any atom is 0.325 e. The zero-order valence-corrected chi connectivity index (χ0v) is 18.1. The van der Waals surface area contributed by atoms with Crippen LogP contribution >= 0.6 is 0 Å². The first-order valence-corrected chi connectivity index (χ1v) is 11.1. The Kier molecular flexibility index (Phi) is 5.07. The average molecular weight is 434 g/mol. The van der Waals surface area contributed by atoms with Gasteiger partial charge in [0, 0.05) is 25.2 Å². The van der Waals surface area contributed by atoms with Crippen LogP contribution in [-0.2, 0) is 22.4 Å². The van der Waals surface area contributed by atoms with Crippen molar-refractivity contribution in [1.29, 1.82) is 0 Å². The summed E-state index contributed by atoms with van der Waals surface area (Å²) >= 11 is 0. The summed E-state index contributed by atoms with van der Waals surface area (Å²) < 4.78 is 0. The van der Waals surface area contributed by atoms with E-state index in [1.165, 1.54) is 22.1 Å². The monoisotopic (exact) mass is 433 g/mol. The van der Waals surface area contributed by atoms with Crippen LogP contribution in [0.4, 0.5) is 4.79 Å². The highest BCUT2D eigenvalue weighted by atomic mass is 16.2. The van der Waals surface area contributed by atoms with E-state index in [0.29, 0.717) is 38.8 Å². The summed E-state index contributed by atoms with van der Waals surface area (Å²) in [6.45, 7) is 2.96. The van der Waals surface area contributed by atoms with Gasteiger partial charge in [-0.2, -0.15) is 0 Å². The number of hydrogen-bond acceptors (Lipinski definition) is 4. The minimum absolute atomic E-state index is 0.00614. The van der Waals surface area contributed by atoms with Gasteiger partial charge in [0.2, 0.25) is 5.91 Å². The molecule has 0 saturated carbocycles. The van der Waals surface area contributed by atoms with Crippen LogP contribution in [0.2, 0.25) is 0 Å². The fourth-order valence-electron chi connectivity index (χ4n) is 5.31. The number of imide groups is 1. The number of H-pyrrole nitrogens is 1. The van der Waals surface area contributed by atoms with Crippen LogP contribution in [0, 0.1) is 5.92 Å². The first-order valence-electron chi connectivity index (χ1n) is 11.1. The summed E-state index contributed by atoms with van der Waals surface area (Å²) in [4.78, 5) is 48.9. The molecule has 2 aliphatic heterocycles. The molecule has 1 aliphatic carbocycles. The minimum atomic E-state index is -0.924. The minimum Gasteiger partial charge on any atom is -0.345 e. The molecule has 2 saturated heterocycles. The molecule has 8 nitrogen and oxygen atoms in total. The molecule has 1 aromatic heterocycles. The van der Waals surface area contributed by atoms with Crippen LogP contribution < -0.4 is 5.32 Å². The number of nitrogens with zero attached hydrogens (tertiary/aromatic N) is 3. The maximum absolute atomic E-state index is 13.5. The van der Waals surface area contributed by atoms with E-state index in [4.69, 9.17) is 0 Å². The number of fused-ring (bicyclic) bond motifs is 1. The number of amides is 4. The second-order valence-corrected chi connectivity index (χ2v) is 9.08. The van der Waals surface area contributed by atoms with Crippen LogP contribution in [0.15, 0.2) is 42.9 Å². The number of rotatable bonds is 4. The van der Waals surface area contributed by atoms with Gasteiger partial charge in [-0.3, -0.25) is 14.5 Å². The van der Waals surface area contributed by atoms with Gasteiger partial charge in [-0.05, 0) is 55.7 Å². The summed E-state index contributed by atoms with van der Waals surface area (Å²) in [7, 11) is 0. The van der Waals surface area contributed by atoms with E-state index in [2.05, 4.69) is 27.4 Å². The van der Waals surface area contributed by atoms with Crippen LogP contribution in [0.5, 0.6) is 0 Å². The van der Waals surface area contributed by atoms with Gasteiger partial charge in [0.05, 0.1) is 18.2 Å². The van der Waals surface area contributed by atoms with Gasteiger partial charge in [0.1, 0.15) is 5.54 Å². The third-order valence-electron chi connectivity index (χ3n) is 7.19. The predicted octanol–water partition coefficient (Wildman–Crippen LogP) is 2.14. The van der Waals surface area contributed by atoms with Gasteiger partial charge in [-0.25, -0.2) is 9.78 Å². The predicted molar refractivity (Wildman–Crippen MR) is 118 cm³/mol. The first kappa shape index (κ1) is 20.5. The molecule has 166 valence electrons. The van der Waals surface area contributed by atoms with E-state index >= 15 is 0 Å². The molecule has 3 heterocycles. The Balaban J connectivity index is 1.22. The number of imidazole rings is 1. The second-order valence-electron chi connectivity index (χ2n) is 9.08. The highest BCUT2D eigenvalue weighted by Crippen LogP contribution is 2.36. The van der Waals surface area contributed by atoms with Gasteiger partial charge in [-0.15, -0.1) is 0 Å². The molecule has 2 aromatic rings. The topological polar surface area (TPSA) is 98.4 Å². The fourth-order valence-corrected chi connectivity index (χ4v) is 5.31. The van der Waals surface area contributed by atoms with Gasteiger partial charge in [0.15, 0.2) is 0 Å². The van der Waals surface area contributed by atoms with Crippen molar-refractivity contribution in [3.63, 3.8) is 0 Å². The van der Waals surface area contributed by atoms with Crippen LogP contribution in [0.3, 0.4) is 0 Å². The smallest absolute Gasteiger partial charge is 0.325 e. The van der Waals surface area contributed by atoms with E-state index in [-0.39, 0.29) is 29.8 Å². The zero-order chi connectivity index (χ0) is 22.3. The summed E-state index contributed by atoms with van der Waals surface area (Å²) in [6.07, 6.45) is 9.23. The molecule has 0 bridgehead atoms. The standard InChI is InChI=1S/C24H27N5O3/c1-24(18-8-10-28(11-9-18)21(30)7-6-19-14-25-15-26-19)22(31)29(23(32)27-24)20-12-16-4-2-3-5-17(16)13-20/h2-7,14-15,18,20H,8-13H2,1H3,(H,25,26)(H,27,32)/b7-6+/t24-/m0/s1. The number of likely N-dealkylation sites (tertiary alicyclic amines) is 1. The number of aromatic amines is 1. The number of piperidine rings is 1. The molecule has 32 heavy (non-hydrogen) atoms. The van der Waals surface area contributed by atoms with Crippen molar-refractivity contribution in [3.05, 3.63) is 59.7 Å². The van der Waals surface area contributed by atoms with Crippen LogP contribution in [-0.4, -0.2) is 62.3 Å². The lowest BCUT2D eigenvalue weighted by atomic mass is 9.78. The van der Waals surface area contributed by atoms with Crippen molar-refractivity contribution in [2.75, 3.05) is 13.1 Å².